The van der Waals surface area contributed by atoms with Gasteiger partial charge in [0.1, 0.15) is 6.04 Å². The Morgan fingerprint density at radius 2 is 1.52 bits per heavy atom. The van der Waals surface area contributed by atoms with Crippen molar-refractivity contribution in [3.8, 4) is 0 Å². The summed E-state index contributed by atoms with van der Waals surface area (Å²) in [6, 6.07) is 5.60. The molecular weight excluding hydrogens is 360 g/mol. The van der Waals surface area contributed by atoms with Gasteiger partial charge in [0.05, 0.1) is 23.3 Å². The van der Waals surface area contributed by atoms with Crippen LogP contribution in [0.5, 0.6) is 0 Å². The van der Waals surface area contributed by atoms with Crippen LogP contribution in [-0.4, -0.2) is 60.7 Å². The van der Waals surface area contributed by atoms with E-state index in [0.717, 1.165) is 4.90 Å². The highest BCUT2D eigenvalue weighted by molar-refractivity contribution is 6.80. The summed E-state index contributed by atoms with van der Waals surface area (Å²) < 4.78 is 7.48. The van der Waals surface area contributed by atoms with Crippen molar-refractivity contribution in [1.82, 2.24) is 9.47 Å². The van der Waals surface area contributed by atoms with E-state index in [2.05, 4.69) is 33.9 Å². The highest BCUT2D eigenvalue weighted by atomic mass is 28.3. The fourth-order valence-electron chi connectivity index (χ4n) is 3.83. The van der Waals surface area contributed by atoms with Crippen LogP contribution in [0.4, 0.5) is 0 Å². The van der Waals surface area contributed by atoms with Crippen molar-refractivity contribution >= 4 is 26.0 Å². The average molecular weight is 389 g/mol. The summed E-state index contributed by atoms with van der Waals surface area (Å²) >= 11 is 0. The lowest BCUT2D eigenvalue weighted by molar-refractivity contribution is -0.154. The van der Waals surface area contributed by atoms with Gasteiger partial charge in [0.25, 0.3) is 11.8 Å². The number of hydrogen-bond acceptors (Lipinski definition) is 4. The number of carbonyl (C=O) groups excluding carboxylic acids is 3. The smallest absolute Gasteiger partial charge is 0.262 e. The van der Waals surface area contributed by atoms with Crippen LogP contribution in [0.25, 0.3) is 0 Å². The molecule has 0 spiro atoms. The maximum absolute atomic E-state index is 13.3. The van der Waals surface area contributed by atoms with Gasteiger partial charge in [-0.15, -0.1) is 0 Å². The molecule has 1 fully saturated rings. The lowest BCUT2D eigenvalue weighted by Gasteiger charge is -2.60. The van der Waals surface area contributed by atoms with Crippen LogP contribution in [0.3, 0.4) is 0 Å². The molecule has 2 aliphatic heterocycles. The zero-order chi connectivity index (χ0) is 20.3. The lowest BCUT2D eigenvalue weighted by Crippen LogP contribution is -2.81. The van der Waals surface area contributed by atoms with Crippen molar-refractivity contribution in [2.24, 2.45) is 0 Å². The molecule has 1 aromatic carbocycles. The van der Waals surface area contributed by atoms with E-state index in [9.17, 15) is 14.4 Å². The summed E-state index contributed by atoms with van der Waals surface area (Å²) in [6.45, 7) is 12.6. The predicted octanol–water partition coefficient (Wildman–Crippen LogP) is 2.90. The molecule has 0 aromatic heterocycles. The van der Waals surface area contributed by atoms with Crippen LogP contribution in [0.1, 0.15) is 48.4 Å². The lowest BCUT2D eigenvalue weighted by atomic mass is 9.92. The van der Waals surface area contributed by atoms with E-state index in [4.69, 9.17) is 4.74 Å². The number of rotatable bonds is 4. The SMILES string of the molecule is CO[C@H](C)[C@H]1[C@H](N2C(=O)c3ccccc3C2=O)C(=O)N1[Si](C)(C)C(C)(C)C. The number of β-lactam (4-membered cyclic amide) rings is 1. The quantitative estimate of drug-likeness (QED) is 0.452. The maximum Gasteiger partial charge on any atom is 0.262 e. The van der Waals surface area contributed by atoms with E-state index in [1.165, 1.54) is 0 Å². The zero-order valence-electron chi connectivity index (χ0n) is 17.1. The minimum Gasteiger partial charge on any atom is -0.380 e. The number of imide groups is 1. The molecule has 1 saturated heterocycles. The van der Waals surface area contributed by atoms with Gasteiger partial charge < -0.3 is 9.30 Å². The van der Waals surface area contributed by atoms with Crippen LogP contribution in [0, 0.1) is 0 Å². The van der Waals surface area contributed by atoms with Gasteiger partial charge in [0.15, 0.2) is 8.24 Å². The molecule has 146 valence electrons. The Balaban J connectivity index is 2.01. The minimum absolute atomic E-state index is 0.0542. The standard InChI is InChI=1S/C20H28N2O4Si/c1-12(26-5)15-16(19(25)22(15)27(6,7)20(2,3)4)21-17(23)13-10-8-9-11-14(13)18(21)24/h8-12,15-16H,1-7H3/t12-,15+,16+/m1/s1. The van der Waals surface area contributed by atoms with Crippen molar-refractivity contribution in [1.29, 1.82) is 0 Å². The van der Waals surface area contributed by atoms with E-state index in [-0.39, 0.29) is 23.1 Å². The molecule has 3 atom stereocenters. The van der Waals surface area contributed by atoms with Crippen LogP contribution < -0.4 is 0 Å². The number of nitrogens with zero attached hydrogens (tertiary/aromatic N) is 2. The second kappa shape index (κ2) is 6.27. The predicted molar refractivity (Wildman–Crippen MR) is 105 cm³/mol. The molecule has 2 aliphatic rings. The number of fused-ring (bicyclic) bond motifs is 1. The summed E-state index contributed by atoms with van der Waals surface area (Å²) in [5.41, 5.74) is 0.731. The van der Waals surface area contributed by atoms with E-state index in [1.54, 1.807) is 31.4 Å². The van der Waals surface area contributed by atoms with Crippen molar-refractivity contribution in [3.05, 3.63) is 35.4 Å². The summed E-state index contributed by atoms with van der Waals surface area (Å²) in [6.07, 6.45) is -0.286. The third-order valence-corrected chi connectivity index (χ3v) is 11.9. The number of hydrogen-bond donors (Lipinski definition) is 0. The molecule has 27 heavy (non-hydrogen) atoms. The summed E-state index contributed by atoms with van der Waals surface area (Å²) in [5.74, 6) is -0.931. The second-order valence-corrected chi connectivity index (χ2v) is 14.0. The molecule has 2 heterocycles. The average Bonchev–Trinajstić information content (AvgIpc) is 2.83. The van der Waals surface area contributed by atoms with Gasteiger partial charge in [0.2, 0.25) is 5.91 Å². The zero-order valence-corrected chi connectivity index (χ0v) is 18.1. The van der Waals surface area contributed by atoms with Crippen LogP contribution in [0.15, 0.2) is 24.3 Å². The third kappa shape index (κ3) is 2.67. The molecule has 0 unspecified atom stereocenters. The Morgan fingerprint density at radius 1 is 1.04 bits per heavy atom. The third-order valence-electron chi connectivity index (χ3n) is 6.51. The van der Waals surface area contributed by atoms with Gasteiger partial charge >= 0.3 is 0 Å². The van der Waals surface area contributed by atoms with E-state index in [0.29, 0.717) is 11.1 Å². The first kappa shape index (κ1) is 19.8. The molecule has 3 rings (SSSR count). The molecule has 1 aromatic rings. The Kier molecular flexibility index (Phi) is 4.59. The Labute approximate surface area is 161 Å². The number of ether oxygens (including phenoxy) is 1. The molecule has 3 amide bonds. The summed E-state index contributed by atoms with van der Waals surface area (Å²) in [5, 5.41) is -0.0542. The Morgan fingerprint density at radius 3 is 1.93 bits per heavy atom. The molecule has 7 heteroatoms. The van der Waals surface area contributed by atoms with E-state index in [1.807, 2.05) is 11.5 Å². The van der Waals surface area contributed by atoms with Crippen LogP contribution in [-0.2, 0) is 9.53 Å². The number of amides is 3. The summed E-state index contributed by atoms with van der Waals surface area (Å²) in [7, 11) is -0.595. The maximum atomic E-state index is 13.3. The molecule has 6 nitrogen and oxygen atoms in total. The Hall–Kier alpha value is -1.99. The first-order chi connectivity index (χ1) is 12.4. The molecule has 0 bridgehead atoms. The van der Waals surface area contributed by atoms with Crippen molar-refractivity contribution in [2.75, 3.05) is 7.11 Å². The molecule has 0 aliphatic carbocycles. The number of carbonyl (C=O) groups is 3. The van der Waals surface area contributed by atoms with E-state index < -0.39 is 26.1 Å². The summed E-state index contributed by atoms with van der Waals surface area (Å²) in [4.78, 5) is 40.2. The van der Waals surface area contributed by atoms with Crippen molar-refractivity contribution in [3.63, 3.8) is 0 Å². The number of methoxy groups -OCH3 is 1. The topological polar surface area (TPSA) is 66.9 Å². The molecule has 0 saturated carbocycles. The normalized spacial score (nSPS) is 24.2. The van der Waals surface area contributed by atoms with Gasteiger partial charge in [-0.25, -0.2) is 0 Å². The van der Waals surface area contributed by atoms with Gasteiger partial charge in [-0.05, 0) is 24.1 Å². The molecule has 0 N–H and O–H groups in total. The molecule has 0 radical (unpaired) electrons. The van der Waals surface area contributed by atoms with Gasteiger partial charge in [-0.1, -0.05) is 46.0 Å². The number of benzene rings is 1. The van der Waals surface area contributed by atoms with Crippen molar-refractivity contribution < 1.29 is 19.1 Å². The fourth-order valence-corrected chi connectivity index (χ4v) is 6.34. The van der Waals surface area contributed by atoms with Gasteiger partial charge in [-0.2, -0.15) is 0 Å². The minimum atomic E-state index is -2.19. The van der Waals surface area contributed by atoms with Gasteiger partial charge in [-0.3, -0.25) is 19.3 Å². The highest BCUT2D eigenvalue weighted by Gasteiger charge is 2.63. The monoisotopic (exact) mass is 388 g/mol. The van der Waals surface area contributed by atoms with E-state index >= 15 is 0 Å². The van der Waals surface area contributed by atoms with Crippen LogP contribution in [0.2, 0.25) is 18.1 Å². The van der Waals surface area contributed by atoms with Crippen molar-refractivity contribution in [2.45, 2.75) is 64.0 Å². The fraction of sp³-hybridized carbons (Fsp3) is 0.550. The van der Waals surface area contributed by atoms with Gasteiger partial charge in [0, 0.05) is 7.11 Å². The van der Waals surface area contributed by atoms with Crippen LogP contribution >= 0.6 is 0 Å². The second-order valence-electron chi connectivity index (χ2n) is 8.92. The largest absolute Gasteiger partial charge is 0.380 e. The first-order valence-corrected chi connectivity index (χ1v) is 12.2. The first-order valence-electron chi connectivity index (χ1n) is 9.28. The Bertz CT molecular complexity index is 779. The highest BCUT2D eigenvalue weighted by Crippen LogP contribution is 2.46. The molecular formula is C20H28N2O4Si.